The predicted octanol–water partition coefficient (Wildman–Crippen LogP) is 1.32. The van der Waals surface area contributed by atoms with Crippen molar-refractivity contribution < 1.29 is 24.2 Å². The van der Waals surface area contributed by atoms with E-state index in [0.29, 0.717) is 25.3 Å². The first-order chi connectivity index (χ1) is 12.4. The lowest BCUT2D eigenvalue weighted by Crippen LogP contribution is -2.50. The lowest BCUT2D eigenvalue weighted by molar-refractivity contribution is -0.137. The Bertz CT molecular complexity index is 661. The van der Waals surface area contributed by atoms with Gasteiger partial charge < -0.3 is 20.1 Å². The molecule has 0 aromatic heterocycles. The van der Waals surface area contributed by atoms with Gasteiger partial charge in [-0.05, 0) is 31.4 Å². The van der Waals surface area contributed by atoms with Gasteiger partial charge in [0.05, 0.1) is 24.5 Å². The maximum atomic E-state index is 12.8. The zero-order valence-corrected chi connectivity index (χ0v) is 15.2. The molecule has 7 heteroatoms. The Morgan fingerprint density at radius 3 is 2.69 bits per heavy atom. The fraction of sp³-hybridized carbons (Fsp3) is 0.526. The summed E-state index contributed by atoms with van der Waals surface area (Å²) in [6.45, 7) is 3.21. The van der Waals surface area contributed by atoms with Crippen LogP contribution >= 0.6 is 0 Å². The summed E-state index contributed by atoms with van der Waals surface area (Å²) in [7, 11) is 1.57. The number of nitrogens with one attached hydrogen (secondary N) is 1. The van der Waals surface area contributed by atoms with E-state index in [1.54, 1.807) is 30.2 Å². The molecular formula is C19H26N2O5. The van der Waals surface area contributed by atoms with E-state index >= 15 is 0 Å². The van der Waals surface area contributed by atoms with Crippen molar-refractivity contribution in [3.05, 3.63) is 35.4 Å². The van der Waals surface area contributed by atoms with Gasteiger partial charge in [-0.15, -0.1) is 0 Å². The number of carbonyl (C=O) groups excluding carboxylic acids is 2. The molecule has 1 fully saturated rings. The molecule has 142 valence electrons. The van der Waals surface area contributed by atoms with Crippen LogP contribution in [-0.4, -0.2) is 60.6 Å². The SMILES string of the molecule is COCCNC(=O)C1CCC(C)N(C(=O)Cc2ccccc2C(=O)O)C1. The predicted molar refractivity (Wildman–Crippen MR) is 95.9 cm³/mol. The smallest absolute Gasteiger partial charge is 0.335 e. The number of hydrogen-bond acceptors (Lipinski definition) is 4. The number of hydrogen-bond donors (Lipinski definition) is 2. The highest BCUT2D eigenvalue weighted by atomic mass is 16.5. The van der Waals surface area contributed by atoms with Crippen LogP contribution in [0.5, 0.6) is 0 Å². The van der Waals surface area contributed by atoms with Crippen molar-refractivity contribution in [1.82, 2.24) is 10.2 Å². The van der Waals surface area contributed by atoms with Gasteiger partial charge >= 0.3 is 5.97 Å². The van der Waals surface area contributed by atoms with E-state index < -0.39 is 5.97 Å². The summed E-state index contributed by atoms with van der Waals surface area (Å²) < 4.78 is 4.93. The number of nitrogens with zero attached hydrogens (tertiary/aromatic N) is 1. The molecule has 7 nitrogen and oxygen atoms in total. The average molecular weight is 362 g/mol. The minimum Gasteiger partial charge on any atom is -0.478 e. The van der Waals surface area contributed by atoms with Gasteiger partial charge in [0.15, 0.2) is 0 Å². The summed E-state index contributed by atoms with van der Waals surface area (Å²) >= 11 is 0. The van der Waals surface area contributed by atoms with E-state index in [4.69, 9.17) is 4.74 Å². The molecule has 2 N–H and O–H groups in total. The zero-order valence-electron chi connectivity index (χ0n) is 15.2. The third-order valence-corrected chi connectivity index (χ3v) is 4.77. The molecule has 1 aromatic rings. The van der Waals surface area contributed by atoms with Crippen molar-refractivity contribution in [1.29, 1.82) is 0 Å². The van der Waals surface area contributed by atoms with Crippen molar-refractivity contribution in [2.45, 2.75) is 32.2 Å². The van der Waals surface area contributed by atoms with E-state index in [9.17, 15) is 19.5 Å². The number of carbonyl (C=O) groups is 3. The Morgan fingerprint density at radius 2 is 2.00 bits per heavy atom. The van der Waals surface area contributed by atoms with E-state index in [1.165, 1.54) is 6.07 Å². The summed E-state index contributed by atoms with van der Waals surface area (Å²) in [6.07, 6.45) is 1.50. The lowest BCUT2D eigenvalue weighted by atomic mass is 9.92. The number of benzene rings is 1. The minimum absolute atomic E-state index is 0.0187. The molecule has 0 aliphatic carbocycles. The van der Waals surface area contributed by atoms with Gasteiger partial charge in [-0.25, -0.2) is 4.79 Å². The topological polar surface area (TPSA) is 95.9 Å². The van der Waals surface area contributed by atoms with Crippen molar-refractivity contribution >= 4 is 17.8 Å². The summed E-state index contributed by atoms with van der Waals surface area (Å²) in [5, 5.41) is 12.1. The second kappa shape index (κ2) is 9.33. The summed E-state index contributed by atoms with van der Waals surface area (Å²) in [4.78, 5) is 38.0. The molecule has 26 heavy (non-hydrogen) atoms. The van der Waals surface area contributed by atoms with Gasteiger partial charge in [0.1, 0.15) is 0 Å². The number of carboxylic acid groups (broad SMARTS) is 1. The number of rotatable bonds is 7. The molecule has 0 spiro atoms. The van der Waals surface area contributed by atoms with Crippen LogP contribution in [0.3, 0.4) is 0 Å². The number of amides is 2. The first-order valence-electron chi connectivity index (χ1n) is 8.81. The van der Waals surface area contributed by atoms with E-state index in [0.717, 1.165) is 12.8 Å². The Morgan fingerprint density at radius 1 is 1.27 bits per heavy atom. The number of ether oxygens (including phenoxy) is 1. The standard InChI is InChI=1S/C19H26N2O5/c1-13-7-8-15(18(23)20-9-10-26-2)12-21(13)17(22)11-14-5-3-4-6-16(14)19(24)25/h3-6,13,15H,7-12H2,1-2H3,(H,20,23)(H,24,25). The molecule has 1 heterocycles. The fourth-order valence-electron chi connectivity index (χ4n) is 3.24. The zero-order chi connectivity index (χ0) is 19.1. The maximum Gasteiger partial charge on any atom is 0.335 e. The van der Waals surface area contributed by atoms with Gasteiger partial charge in [0.2, 0.25) is 11.8 Å². The van der Waals surface area contributed by atoms with Crippen LogP contribution in [0.15, 0.2) is 24.3 Å². The van der Waals surface area contributed by atoms with Crippen molar-refractivity contribution in [2.75, 3.05) is 26.8 Å². The Balaban J connectivity index is 2.03. The molecule has 1 aromatic carbocycles. The summed E-state index contributed by atoms with van der Waals surface area (Å²) in [5.41, 5.74) is 0.628. The molecule has 0 saturated carbocycles. The van der Waals surface area contributed by atoms with Gasteiger partial charge in [0.25, 0.3) is 0 Å². The van der Waals surface area contributed by atoms with E-state index in [1.807, 2.05) is 6.92 Å². The quantitative estimate of drug-likeness (QED) is 0.713. The number of carboxylic acids is 1. The molecule has 1 saturated heterocycles. The fourth-order valence-corrected chi connectivity index (χ4v) is 3.24. The molecule has 2 rings (SSSR count). The van der Waals surface area contributed by atoms with Crippen LogP contribution in [0.2, 0.25) is 0 Å². The van der Waals surface area contributed by atoms with Crippen LogP contribution < -0.4 is 5.32 Å². The lowest BCUT2D eigenvalue weighted by Gasteiger charge is -2.37. The van der Waals surface area contributed by atoms with Crippen LogP contribution in [-0.2, 0) is 20.7 Å². The van der Waals surface area contributed by atoms with Crippen molar-refractivity contribution in [2.24, 2.45) is 5.92 Å². The first kappa shape index (κ1) is 19.9. The Kier molecular flexibility index (Phi) is 7.15. The first-order valence-corrected chi connectivity index (χ1v) is 8.81. The van der Waals surface area contributed by atoms with Crippen LogP contribution in [0.25, 0.3) is 0 Å². The van der Waals surface area contributed by atoms with Gasteiger partial charge in [-0.2, -0.15) is 0 Å². The second-order valence-electron chi connectivity index (χ2n) is 6.59. The summed E-state index contributed by atoms with van der Waals surface area (Å²) in [5.74, 6) is -1.52. The average Bonchev–Trinajstić information content (AvgIpc) is 2.62. The van der Waals surface area contributed by atoms with Crippen molar-refractivity contribution in [3.63, 3.8) is 0 Å². The van der Waals surface area contributed by atoms with Crippen LogP contribution in [0.1, 0.15) is 35.7 Å². The number of likely N-dealkylation sites (tertiary alicyclic amines) is 1. The second-order valence-corrected chi connectivity index (χ2v) is 6.59. The Hall–Kier alpha value is -2.41. The van der Waals surface area contributed by atoms with Crippen LogP contribution in [0.4, 0.5) is 0 Å². The van der Waals surface area contributed by atoms with Gasteiger partial charge in [-0.1, -0.05) is 18.2 Å². The molecule has 0 radical (unpaired) electrons. The highest BCUT2D eigenvalue weighted by Crippen LogP contribution is 2.23. The van der Waals surface area contributed by atoms with Gasteiger partial charge in [-0.3, -0.25) is 9.59 Å². The third kappa shape index (κ3) is 5.05. The monoisotopic (exact) mass is 362 g/mol. The van der Waals surface area contributed by atoms with Crippen molar-refractivity contribution in [3.8, 4) is 0 Å². The van der Waals surface area contributed by atoms with Crippen LogP contribution in [0, 0.1) is 5.92 Å². The maximum absolute atomic E-state index is 12.8. The molecular weight excluding hydrogens is 336 g/mol. The van der Waals surface area contributed by atoms with E-state index in [-0.39, 0.29) is 35.8 Å². The molecule has 1 aliphatic heterocycles. The normalized spacial score (nSPS) is 19.8. The molecule has 1 aliphatic rings. The number of aromatic carboxylic acids is 1. The molecule has 2 atom stereocenters. The van der Waals surface area contributed by atoms with E-state index in [2.05, 4.69) is 5.32 Å². The highest BCUT2D eigenvalue weighted by Gasteiger charge is 2.32. The molecule has 0 bridgehead atoms. The van der Waals surface area contributed by atoms with Gasteiger partial charge in [0, 0.05) is 26.2 Å². The largest absolute Gasteiger partial charge is 0.478 e. The molecule has 2 amide bonds. The Labute approximate surface area is 153 Å². The third-order valence-electron chi connectivity index (χ3n) is 4.77. The summed E-state index contributed by atoms with van der Waals surface area (Å²) in [6, 6.07) is 6.55. The number of methoxy groups -OCH3 is 1. The highest BCUT2D eigenvalue weighted by molar-refractivity contribution is 5.92. The number of piperidine rings is 1. The minimum atomic E-state index is -1.05. The molecule has 2 unspecified atom stereocenters.